The van der Waals surface area contributed by atoms with Gasteiger partial charge in [0.25, 0.3) is 0 Å². The van der Waals surface area contributed by atoms with Crippen LogP contribution < -0.4 is 0 Å². The normalized spacial score (nSPS) is 25.1. The molecule has 3 nitrogen and oxygen atoms in total. The first-order chi connectivity index (χ1) is 7.87. The van der Waals surface area contributed by atoms with Crippen molar-refractivity contribution in [1.29, 1.82) is 0 Å². The molecule has 0 fully saturated rings. The fourth-order valence-corrected chi connectivity index (χ4v) is 2.85. The summed E-state index contributed by atoms with van der Waals surface area (Å²) in [7, 11) is 0. The van der Waals surface area contributed by atoms with Gasteiger partial charge in [0.05, 0.1) is 11.2 Å². The highest BCUT2D eigenvalue weighted by molar-refractivity contribution is 5.63. The van der Waals surface area contributed by atoms with Gasteiger partial charge >= 0.3 is 0 Å². The molecule has 1 atom stereocenters. The van der Waals surface area contributed by atoms with Crippen molar-refractivity contribution >= 4 is 5.52 Å². The summed E-state index contributed by atoms with van der Waals surface area (Å²) in [6.45, 7) is 8.60. The summed E-state index contributed by atoms with van der Waals surface area (Å²) >= 11 is 0. The minimum Gasteiger partial charge on any atom is -0.386 e. The molecule has 0 radical (unpaired) electrons. The van der Waals surface area contributed by atoms with E-state index in [9.17, 15) is 5.11 Å². The van der Waals surface area contributed by atoms with E-state index in [1.165, 1.54) is 5.56 Å². The van der Waals surface area contributed by atoms with Gasteiger partial charge in [-0.1, -0.05) is 33.8 Å². The van der Waals surface area contributed by atoms with Crippen LogP contribution in [0, 0.1) is 5.41 Å². The van der Waals surface area contributed by atoms with Crippen LogP contribution in [0.2, 0.25) is 0 Å². The van der Waals surface area contributed by atoms with Gasteiger partial charge in [0.1, 0.15) is 6.10 Å². The number of hydrogen-bond acceptors (Lipinski definition) is 2. The van der Waals surface area contributed by atoms with Crippen molar-refractivity contribution in [3.8, 4) is 0 Å². The zero-order chi connectivity index (χ0) is 12.4. The number of nitrogens with zero attached hydrogens (tertiary/aromatic N) is 2. The van der Waals surface area contributed by atoms with Crippen molar-refractivity contribution in [2.75, 3.05) is 0 Å². The average molecular weight is 230 g/mol. The molecule has 2 heterocycles. The molecular formula is C14H18N2O. The molecule has 2 aromatic rings. The quantitative estimate of drug-likeness (QED) is 0.755. The van der Waals surface area contributed by atoms with E-state index < -0.39 is 6.10 Å². The number of rotatable bonds is 0. The van der Waals surface area contributed by atoms with E-state index in [1.807, 2.05) is 22.8 Å². The lowest BCUT2D eigenvalue weighted by molar-refractivity contribution is 0.0193. The van der Waals surface area contributed by atoms with Crippen molar-refractivity contribution in [1.82, 2.24) is 9.61 Å². The van der Waals surface area contributed by atoms with Gasteiger partial charge in [-0.3, -0.25) is 0 Å². The van der Waals surface area contributed by atoms with E-state index in [2.05, 4.69) is 38.9 Å². The van der Waals surface area contributed by atoms with Crippen LogP contribution in [0.1, 0.15) is 45.1 Å². The summed E-state index contributed by atoms with van der Waals surface area (Å²) < 4.78 is 1.87. The Hall–Kier alpha value is -1.35. The second kappa shape index (κ2) is 2.91. The summed E-state index contributed by atoms with van der Waals surface area (Å²) in [6.07, 6.45) is 1.44. The van der Waals surface area contributed by atoms with Gasteiger partial charge in [-0.05, 0) is 12.1 Å². The van der Waals surface area contributed by atoms with Crippen LogP contribution >= 0.6 is 0 Å². The lowest BCUT2D eigenvalue weighted by Gasteiger charge is -2.37. The number of pyridine rings is 1. The molecule has 1 aliphatic carbocycles. The van der Waals surface area contributed by atoms with Crippen molar-refractivity contribution in [2.45, 2.75) is 39.2 Å². The first-order valence-corrected chi connectivity index (χ1v) is 6.03. The fraction of sp³-hybridized carbons (Fsp3) is 0.500. The number of aliphatic hydroxyl groups is 1. The molecule has 0 amide bonds. The maximum atomic E-state index is 10.5. The van der Waals surface area contributed by atoms with E-state index in [4.69, 9.17) is 0 Å². The third kappa shape index (κ3) is 1.08. The van der Waals surface area contributed by atoms with Crippen LogP contribution in [0.3, 0.4) is 0 Å². The van der Waals surface area contributed by atoms with Crippen LogP contribution in [0.25, 0.3) is 5.52 Å². The monoisotopic (exact) mass is 230 g/mol. The Morgan fingerprint density at radius 2 is 1.94 bits per heavy atom. The molecule has 0 saturated heterocycles. The first kappa shape index (κ1) is 10.8. The minimum atomic E-state index is -0.493. The summed E-state index contributed by atoms with van der Waals surface area (Å²) in [5.41, 5.74) is 2.87. The topological polar surface area (TPSA) is 37.5 Å². The van der Waals surface area contributed by atoms with E-state index in [-0.39, 0.29) is 10.8 Å². The molecule has 3 rings (SSSR count). The van der Waals surface area contributed by atoms with Gasteiger partial charge in [-0.25, -0.2) is 4.52 Å². The summed E-state index contributed by atoms with van der Waals surface area (Å²) in [4.78, 5) is 0. The second-order valence-corrected chi connectivity index (χ2v) is 6.04. The third-order valence-electron chi connectivity index (χ3n) is 4.75. The maximum absolute atomic E-state index is 10.5. The third-order valence-corrected chi connectivity index (χ3v) is 4.75. The largest absolute Gasteiger partial charge is 0.386 e. The first-order valence-electron chi connectivity index (χ1n) is 6.03. The number of fused-ring (bicyclic) bond motifs is 3. The van der Waals surface area contributed by atoms with Gasteiger partial charge in [-0.15, -0.1) is 0 Å². The Bertz CT molecular complexity index is 595. The van der Waals surface area contributed by atoms with Gasteiger partial charge in [0, 0.05) is 22.6 Å². The van der Waals surface area contributed by atoms with Gasteiger partial charge in [0.2, 0.25) is 0 Å². The Kier molecular flexibility index (Phi) is 1.84. The fourth-order valence-electron chi connectivity index (χ4n) is 2.85. The van der Waals surface area contributed by atoms with Crippen LogP contribution in [0.5, 0.6) is 0 Å². The predicted octanol–water partition coefficient (Wildman–Crippen LogP) is 2.69. The highest BCUT2D eigenvalue weighted by Crippen LogP contribution is 2.57. The zero-order valence-corrected chi connectivity index (χ0v) is 10.7. The minimum absolute atomic E-state index is 0.0785. The van der Waals surface area contributed by atoms with Crippen LogP contribution in [0.4, 0.5) is 0 Å². The zero-order valence-electron chi connectivity index (χ0n) is 10.7. The molecule has 0 saturated carbocycles. The van der Waals surface area contributed by atoms with E-state index in [0.717, 1.165) is 11.2 Å². The van der Waals surface area contributed by atoms with Crippen molar-refractivity contribution in [3.05, 3.63) is 35.7 Å². The van der Waals surface area contributed by atoms with Gasteiger partial charge < -0.3 is 5.11 Å². The summed E-state index contributed by atoms with van der Waals surface area (Å²) in [5.74, 6) is 0. The predicted molar refractivity (Wildman–Crippen MR) is 67.0 cm³/mol. The summed E-state index contributed by atoms with van der Waals surface area (Å²) in [6, 6.07) is 6.05. The van der Waals surface area contributed by atoms with Crippen molar-refractivity contribution in [3.63, 3.8) is 0 Å². The highest BCUT2D eigenvalue weighted by atomic mass is 16.3. The van der Waals surface area contributed by atoms with Crippen LogP contribution in [-0.4, -0.2) is 14.7 Å². The second-order valence-electron chi connectivity index (χ2n) is 6.04. The maximum Gasteiger partial charge on any atom is 0.104 e. The Labute approximate surface area is 101 Å². The lowest BCUT2D eigenvalue weighted by atomic mass is 9.67. The SMILES string of the molecule is CC1(C)c2c(nn3ccccc23)C(O)C1(C)C. The van der Waals surface area contributed by atoms with Crippen LogP contribution in [0.15, 0.2) is 24.4 Å². The molecule has 1 aliphatic rings. The standard InChI is InChI=1S/C14H18N2O/c1-13(2)10-9-7-5-6-8-16(9)15-11(10)12(17)14(13,3)4/h5-8,12,17H,1-4H3. The van der Waals surface area contributed by atoms with E-state index in [1.54, 1.807) is 0 Å². The number of aliphatic hydroxyl groups excluding tert-OH is 1. The number of aromatic nitrogens is 2. The van der Waals surface area contributed by atoms with Crippen LogP contribution in [-0.2, 0) is 5.41 Å². The molecule has 3 heteroatoms. The van der Waals surface area contributed by atoms with Gasteiger partial charge in [-0.2, -0.15) is 5.10 Å². The Balaban J connectivity index is 2.40. The van der Waals surface area contributed by atoms with E-state index in [0.29, 0.717) is 0 Å². The summed E-state index contributed by atoms with van der Waals surface area (Å²) in [5, 5.41) is 15.0. The Morgan fingerprint density at radius 3 is 2.65 bits per heavy atom. The molecule has 1 N–H and O–H groups in total. The molecular weight excluding hydrogens is 212 g/mol. The smallest absolute Gasteiger partial charge is 0.104 e. The van der Waals surface area contributed by atoms with Crippen molar-refractivity contribution < 1.29 is 5.11 Å². The number of hydrogen-bond donors (Lipinski definition) is 1. The average Bonchev–Trinajstić information content (AvgIpc) is 2.71. The van der Waals surface area contributed by atoms with Crippen molar-refractivity contribution in [2.24, 2.45) is 5.41 Å². The molecule has 90 valence electrons. The molecule has 2 aromatic heterocycles. The molecule has 17 heavy (non-hydrogen) atoms. The molecule has 0 aromatic carbocycles. The lowest BCUT2D eigenvalue weighted by Crippen LogP contribution is -2.35. The van der Waals surface area contributed by atoms with E-state index >= 15 is 0 Å². The molecule has 1 unspecified atom stereocenters. The van der Waals surface area contributed by atoms with Gasteiger partial charge in [0.15, 0.2) is 0 Å². The highest BCUT2D eigenvalue weighted by Gasteiger charge is 2.54. The Morgan fingerprint density at radius 1 is 1.24 bits per heavy atom. The molecule has 0 bridgehead atoms. The molecule has 0 spiro atoms. The molecule has 0 aliphatic heterocycles.